The molecule has 0 saturated carbocycles. The van der Waals surface area contributed by atoms with Crippen molar-refractivity contribution in [3.8, 4) is 6.07 Å². The van der Waals surface area contributed by atoms with Crippen molar-refractivity contribution in [1.82, 2.24) is 10.0 Å². The third-order valence-electron chi connectivity index (χ3n) is 3.38. The monoisotopic (exact) mass is 313 g/mol. The molecule has 1 atom stereocenters. The van der Waals surface area contributed by atoms with Gasteiger partial charge in [-0.25, -0.2) is 13.1 Å². The molecular weight excluding hydrogens is 298 g/mol. The van der Waals surface area contributed by atoms with E-state index in [1.54, 1.807) is 0 Å². The largest absolute Gasteiger partial charge is 0.316 e. The summed E-state index contributed by atoms with van der Waals surface area (Å²) in [7, 11) is -3.69. The number of nitrogens with zero attached hydrogens (tertiary/aromatic N) is 1. The van der Waals surface area contributed by atoms with Crippen molar-refractivity contribution in [2.75, 3.05) is 19.6 Å². The summed E-state index contributed by atoms with van der Waals surface area (Å²) in [4.78, 5) is -0.0583. The van der Waals surface area contributed by atoms with Gasteiger partial charge in [0, 0.05) is 6.54 Å². The van der Waals surface area contributed by atoms with Crippen molar-refractivity contribution in [2.24, 2.45) is 5.92 Å². The molecule has 1 heterocycles. The third kappa shape index (κ3) is 3.49. The Morgan fingerprint density at radius 1 is 1.50 bits per heavy atom. The molecule has 0 bridgehead atoms. The van der Waals surface area contributed by atoms with E-state index in [9.17, 15) is 8.42 Å². The van der Waals surface area contributed by atoms with Crippen molar-refractivity contribution in [2.45, 2.75) is 17.7 Å². The number of benzene rings is 1. The molecule has 2 N–H and O–H groups in total. The zero-order valence-corrected chi connectivity index (χ0v) is 12.5. The molecule has 108 valence electrons. The first-order valence-corrected chi connectivity index (χ1v) is 8.29. The van der Waals surface area contributed by atoms with Gasteiger partial charge in [0.2, 0.25) is 10.0 Å². The summed E-state index contributed by atoms with van der Waals surface area (Å²) >= 11 is 5.85. The maximum atomic E-state index is 12.2. The van der Waals surface area contributed by atoms with Gasteiger partial charge in [-0.1, -0.05) is 17.7 Å². The topological polar surface area (TPSA) is 82.0 Å². The highest BCUT2D eigenvalue weighted by molar-refractivity contribution is 7.89. The lowest BCUT2D eigenvalue weighted by molar-refractivity contribution is 0.519. The van der Waals surface area contributed by atoms with E-state index >= 15 is 0 Å². The number of hydrogen-bond donors (Lipinski definition) is 2. The summed E-state index contributed by atoms with van der Waals surface area (Å²) in [5.41, 5.74) is -0.0100. The smallest absolute Gasteiger partial charge is 0.241 e. The molecule has 5 nitrogen and oxygen atoms in total. The number of hydrogen-bond acceptors (Lipinski definition) is 4. The van der Waals surface area contributed by atoms with Crippen LogP contribution < -0.4 is 10.0 Å². The van der Waals surface area contributed by atoms with Crippen LogP contribution in [0.3, 0.4) is 0 Å². The normalized spacial score (nSPS) is 18.9. The van der Waals surface area contributed by atoms with E-state index in [1.807, 2.05) is 6.07 Å². The van der Waals surface area contributed by atoms with E-state index in [4.69, 9.17) is 16.9 Å². The molecular formula is C13H16ClN3O2S. The van der Waals surface area contributed by atoms with Gasteiger partial charge in [0.15, 0.2) is 0 Å². The Labute approximate surface area is 124 Å². The number of sulfonamides is 1. The molecule has 1 aromatic carbocycles. The minimum Gasteiger partial charge on any atom is -0.316 e. The molecule has 0 radical (unpaired) electrons. The Morgan fingerprint density at radius 3 is 2.95 bits per heavy atom. The van der Waals surface area contributed by atoms with Crippen molar-refractivity contribution in [1.29, 1.82) is 5.26 Å². The van der Waals surface area contributed by atoms with E-state index in [2.05, 4.69) is 10.0 Å². The van der Waals surface area contributed by atoms with E-state index < -0.39 is 10.0 Å². The fraction of sp³-hybridized carbons (Fsp3) is 0.462. The molecule has 1 fully saturated rings. The molecule has 0 aromatic heterocycles. The van der Waals surface area contributed by atoms with Crippen LogP contribution in [0.1, 0.15) is 18.4 Å². The quantitative estimate of drug-likeness (QED) is 0.863. The lowest BCUT2D eigenvalue weighted by atomic mass is 10.1. The van der Waals surface area contributed by atoms with Gasteiger partial charge < -0.3 is 5.32 Å². The van der Waals surface area contributed by atoms with Gasteiger partial charge in [-0.2, -0.15) is 5.26 Å². The van der Waals surface area contributed by atoms with E-state index in [0.717, 1.165) is 25.9 Å². The number of rotatable bonds is 5. The van der Waals surface area contributed by atoms with Gasteiger partial charge >= 0.3 is 0 Å². The Hall–Kier alpha value is -1.13. The van der Waals surface area contributed by atoms with Crippen LogP contribution in [0.15, 0.2) is 23.1 Å². The van der Waals surface area contributed by atoms with Crippen LogP contribution in [0.2, 0.25) is 5.02 Å². The second-order valence-electron chi connectivity index (χ2n) is 4.77. The van der Waals surface area contributed by atoms with Crippen molar-refractivity contribution in [3.63, 3.8) is 0 Å². The van der Waals surface area contributed by atoms with E-state index in [0.29, 0.717) is 12.5 Å². The fourth-order valence-corrected chi connectivity index (χ4v) is 3.77. The molecule has 0 spiro atoms. The number of nitriles is 1. The predicted molar refractivity (Wildman–Crippen MR) is 76.9 cm³/mol. The molecule has 1 aromatic rings. The Balaban J connectivity index is 2.06. The molecule has 0 amide bonds. The average molecular weight is 314 g/mol. The highest BCUT2D eigenvalue weighted by Crippen LogP contribution is 2.23. The van der Waals surface area contributed by atoms with Crippen LogP contribution in [-0.2, 0) is 10.0 Å². The molecule has 1 saturated heterocycles. The van der Waals surface area contributed by atoms with E-state index in [-0.39, 0.29) is 15.5 Å². The highest BCUT2D eigenvalue weighted by Gasteiger charge is 2.21. The second kappa shape index (κ2) is 6.55. The van der Waals surface area contributed by atoms with Crippen LogP contribution in [0.5, 0.6) is 0 Å². The Bertz CT molecular complexity index is 619. The molecule has 1 aliphatic rings. The number of halogens is 1. The van der Waals surface area contributed by atoms with Crippen LogP contribution in [0.4, 0.5) is 0 Å². The van der Waals surface area contributed by atoms with Crippen molar-refractivity contribution < 1.29 is 8.42 Å². The number of nitrogens with one attached hydrogen (secondary N) is 2. The first-order valence-electron chi connectivity index (χ1n) is 6.43. The van der Waals surface area contributed by atoms with Gasteiger partial charge in [-0.15, -0.1) is 0 Å². The Kier molecular flexibility index (Phi) is 5.00. The van der Waals surface area contributed by atoms with Gasteiger partial charge in [-0.3, -0.25) is 0 Å². The SMILES string of the molecule is N#Cc1c(Cl)cccc1S(=O)(=O)NCCC1CCNC1. The lowest BCUT2D eigenvalue weighted by Gasteiger charge is -2.11. The first kappa shape index (κ1) is 15.3. The maximum absolute atomic E-state index is 12.2. The van der Waals surface area contributed by atoms with Crippen LogP contribution in [0, 0.1) is 17.2 Å². The third-order valence-corrected chi connectivity index (χ3v) is 5.20. The molecule has 2 rings (SSSR count). The molecule has 7 heteroatoms. The molecule has 1 aliphatic heterocycles. The Morgan fingerprint density at radius 2 is 2.30 bits per heavy atom. The molecule has 20 heavy (non-hydrogen) atoms. The maximum Gasteiger partial charge on any atom is 0.241 e. The van der Waals surface area contributed by atoms with E-state index in [1.165, 1.54) is 18.2 Å². The summed E-state index contributed by atoms with van der Waals surface area (Å²) < 4.78 is 26.9. The summed E-state index contributed by atoms with van der Waals surface area (Å²) in [5, 5.41) is 12.4. The second-order valence-corrected chi connectivity index (χ2v) is 6.91. The highest BCUT2D eigenvalue weighted by atomic mass is 35.5. The van der Waals surface area contributed by atoms with Crippen LogP contribution in [0.25, 0.3) is 0 Å². The van der Waals surface area contributed by atoms with Crippen LogP contribution >= 0.6 is 11.6 Å². The lowest BCUT2D eigenvalue weighted by Crippen LogP contribution is -2.27. The van der Waals surface area contributed by atoms with Crippen molar-refractivity contribution in [3.05, 3.63) is 28.8 Å². The van der Waals surface area contributed by atoms with Gasteiger partial charge in [0.05, 0.1) is 10.6 Å². The van der Waals surface area contributed by atoms with Gasteiger partial charge in [-0.05, 0) is 44.0 Å². The standard InChI is InChI=1S/C13H16ClN3O2S/c14-12-2-1-3-13(11(12)8-15)20(18,19)17-7-5-10-4-6-16-9-10/h1-3,10,16-17H,4-7,9H2. The molecule has 0 aliphatic carbocycles. The fourth-order valence-electron chi connectivity index (χ4n) is 2.27. The zero-order valence-electron chi connectivity index (χ0n) is 10.9. The summed E-state index contributed by atoms with van der Waals surface area (Å²) in [6.45, 7) is 2.29. The minimum atomic E-state index is -3.69. The summed E-state index contributed by atoms with van der Waals surface area (Å²) in [5.74, 6) is 0.507. The minimum absolute atomic E-state index is 0.0100. The summed E-state index contributed by atoms with van der Waals surface area (Å²) in [6.07, 6.45) is 1.86. The van der Waals surface area contributed by atoms with Crippen molar-refractivity contribution >= 4 is 21.6 Å². The summed E-state index contributed by atoms with van der Waals surface area (Å²) in [6, 6.07) is 6.26. The van der Waals surface area contributed by atoms with Crippen LogP contribution in [-0.4, -0.2) is 28.1 Å². The van der Waals surface area contributed by atoms with Gasteiger partial charge in [0.1, 0.15) is 11.0 Å². The first-order chi connectivity index (χ1) is 9.54. The average Bonchev–Trinajstić information content (AvgIpc) is 2.91. The predicted octanol–water partition coefficient (Wildman–Crippen LogP) is 1.49. The van der Waals surface area contributed by atoms with Gasteiger partial charge in [0.25, 0.3) is 0 Å². The zero-order chi connectivity index (χ0) is 14.6. The molecule has 1 unspecified atom stereocenters.